The van der Waals surface area contributed by atoms with Crippen LogP contribution in [0.1, 0.15) is 12.8 Å². The molecule has 0 bridgehead atoms. The standard InChI is InChI=1S/C9H12N2O2/c1-2-8(12)11-5-3-7(4-6-11)9(10)13/h1,7H,3-6H2,(H2,10,13). The van der Waals surface area contributed by atoms with E-state index in [4.69, 9.17) is 12.2 Å². The van der Waals surface area contributed by atoms with Gasteiger partial charge in [0.15, 0.2) is 0 Å². The van der Waals surface area contributed by atoms with E-state index in [0.717, 1.165) is 0 Å². The Labute approximate surface area is 77.1 Å². The van der Waals surface area contributed by atoms with Crippen molar-refractivity contribution in [2.75, 3.05) is 13.1 Å². The maximum absolute atomic E-state index is 11.0. The lowest BCUT2D eigenvalue weighted by molar-refractivity contribution is -0.130. The van der Waals surface area contributed by atoms with Crippen molar-refractivity contribution in [3.05, 3.63) is 0 Å². The first kappa shape index (κ1) is 9.59. The molecule has 2 N–H and O–H groups in total. The topological polar surface area (TPSA) is 63.4 Å². The molecular formula is C9H12N2O2. The van der Waals surface area contributed by atoms with Gasteiger partial charge in [0.05, 0.1) is 0 Å². The molecule has 0 radical (unpaired) electrons. The van der Waals surface area contributed by atoms with Crippen LogP contribution < -0.4 is 5.73 Å². The average Bonchev–Trinajstić information content (AvgIpc) is 2.17. The summed E-state index contributed by atoms with van der Waals surface area (Å²) in [7, 11) is 0. The van der Waals surface area contributed by atoms with Crippen molar-refractivity contribution < 1.29 is 9.59 Å². The van der Waals surface area contributed by atoms with Crippen molar-refractivity contribution in [1.82, 2.24) is 4.90 Å². The molecule has 0 aromatic heterocycles. The average molecular weight is 180 g/mol. The highest BCUT2D eigenvalue weighted by Crippen LogP contribution is 2.16. The van der Waals surface area contributed by atoms with Crippen molar-refractivity contribution in [2.45, 2.75) is 12.8 Å². The van der Waals surface area contributed by atoms with Crippen LogP contribution in [0, 0.1) is 18.3 Å². The molecule has 1 heterocycles. The molecule has 1 aliphatic heterocycles. The van der Waals surface area contributed by atoms with Crippen molar-refractivity contribution in [1.29, 1.82) is 0 Å². The van der Waals surface area contributed by atoms with E-state index in [-0.39, 0.29) is 17.7 Å². The van der Waals surface area contributed by atoms with Crippen molar-refractivity contribution in [3.8, 4) is 12.3 Å². The van der Waals surface area contributed by atoms with Crippen LogP contribution in [-0.4, -0.2) is 29.8 Å². The number of likely N-dealkylation sites (tertiary alicyclic amines) is 1. The summed E-state index contributed by atoms with van der Waals surface area (Å²) in [5.41, 5.74) is 5.14. The van der Waals surface area contributed by atoms with Gasteiger partial charge in [0.25, 0.3) is 5.91 Å². The van der Waals surface area contributed by atoms with Gasteiger partial charge in [0, 0.05) is 19.0 Å². The van der Waals surface area contributed by atoms with E-state index in [1.54, 1.807) is 4.90 Å². The summed E-state index contributed by atoms with van der Waals surface area (Å²) >= 11 is 0. The van der Waals surface area contributed by atoms with Gasteiger partial charge >= 0.3 is 0 Å². The largest absolute Gasteiger partial charge is 0.369 e. The summed E-state index contributed by atoms with van der Waals surface area (Å²) in [4.78, 5) is 23.4. The molecule has 0 atom stereocenters. The number of nitrogens with two attached hydrogens (primary N) is 1. The molecule has 1 rings (SSSR count). The number of primary amides is 1. The Balaban J connectivity index is 2.44. The Morgan fingerprint density at radius 1 is 1.38 bits per heavy atom. The minimum Gasteiger partial charge on any atom is -0.369 e. The number of terminal acetylenes is 1. The smallest absolute Gasteiger partial charge is 0.298 e. The molecule has 4 nitrogen and oxygen atoms in total. The van der Waals surface area contributed by atoms with Crippen LogP contribution >= 0.6 is 0 Å². The highest BCUT2D eigenvalue weighted by Gasteiger charge is 2.24. The summed E-state index contributed by atoms with van der Waals surface area (Å²) in [5, 5.41) is 0. The monoisotopic (exact) mass is 180 g/mol. The van der Waals surface area contributed by atoms with Crippen molar-refractivity contribution in [3.63, 3.8) is 0 Å². The Morgan fingerprint density at radius 3 is 2.31 bits per heavy atom. The lowest BCUT2D eigenvalue weighted by Gasteiger charge is -2.28. The van der Waals surface area contributed by atoms with Crippen molar-refractivity contribution in [2.24, 2.45) is 11.7 Å². The first-order chi connectivity index (χ1) is 6.15. The van der Waals surface area contributed by atoms with E-state index in [1.807, 2.05) is 5.92 Å². The quantitative estimate of drug-likeness (QED) is 0.545. The summed E-state index contributed by atoms with van der Waals surface area (Å²) in [6.45, 7) is 1.08. The lowest BCUT2D eigenvalue weighted by Crippen LogP contribution is -2.41. The zero-order chi connectivity index (χ0) is 9.84. The van der Waals surface area contributed by atoms with Gasteiger partial charge in [-0.25, -0.2) is 0 Å². The molecule has 13 heavy (non-hydrogen) atoms. The van der Waals surface area contributed by atoms with Gasteiger partial charge in [-0.3, -0.25) is 9.59 Å². The van der Waals surface area contributed by atoms with Crippen LogP contribution in [0.15, 0.2) is 0 Å². The Hall–Kier alpha value is -1.50. The van der Waals surface area contributed by atoms with Gasteiger partial charge in [-0.1, -0.05) is 0 Å². The minimum absolute atomic E-state index is 0.0955. The van der Waals surface area contributed by atoms with Crippen LogP contribution in [0.2, 0.25) is 0 Å². The first-order valence-electron chi connectivity index (χ1n) is 4.20. The number of hydrogen-bond acceptors (Lipinski definition) is 2. The number of rotatable bonds is 1. The van der Waals surface area contributed by atoms with Crippen LogP contribution in [0.4, 0.5) is 0 Å². The zero-order valence-corrected chi connectivity index (χ0v) is 7.32. The van der Waals surface area contributed by atoms with Crippen LogP contribution in [0.5, 0.6) is 0 Å². The maximum Gasteiger partial charge on any atom is 0.298 e. The number of nitrogens with zero attached hydrogens (tertiary/aromatic N) is 1. The first-order valence-corrected chi connectivity index (χ1v) is 4.20. The van der Waals surface area contributed by atoms with Crippen LogP contribution in [0.25, 0.3) is 0 Å². The molecule has 0 saturated carbocycles. The van der Waals surface area contributed by atoms with Gasteiger partial charge in [-0.05, 0) is 18.8 Å². The molecule has 1 aliphatic rings. The molecule has 1 saturated heterocycles. The molecule has 0 aromatic carbocycles. The molecule has 0 aromatic rings. The van der Waals surface area contributed by atoms with Gasteiger partial charge in [-0.15, -0.1) is 6.42 Å². The van der Waals surface area contributed by atoms with E-state index in [0.29, 0.717) is 25.9 Å². The molecule has 0 unspecified atom stereocenters. The minimum atomic E-state index is -0.303. The van der Waals surface area contributed by atoms with Crippen LogP contribution in [0.3, 0.4) is 0 Å². The highest BCUT2D eigenvalue weighted by atomic mass is 16.2. The normalized spacial score (nSPS) is 17.9. The van der Waals surface area contributed by atoms with E-state index in [1.165, 1.54) is 0 Å². The maximum atomic E-state index is 11.0. The summed E-state index contributed by atoms with van der Waals surface area (Å²) < 4.78 is 0. The second-order valence-corrected chi connectivity index (χ2v) is 3.11. The SMILES string of the molecule is C#CC(=O)N1CCC(C(N)=O)CC1. The molecular weight excluding hydrogens is 168 g/mol. The number of carbonyl (C=O) groups excluding carboxylic acids is 2. The lowest BCUT2D eigenvalue weighted by atomic mass is 9.96. The van der Waals surface area contributed by atoms with Crippen molar-refractivity contribution >= 4 is 11.8 Å². The predicted molar refractivity (Wildman–Crippen MR) is 47.3 cm³/mol. The summed E-state index contributed by atoms with van der Waals surface area (Å²) in [6.07, 6.45) is 6.22. The van der Waals surface area contributed by atoms with Gasteiger partial charge in [0.1, 0.15) is 0 Å². The fourth-order valence-corrected chi connectivity index (χ4v) is 1.46. The number of carbonyl (C=O) groups is 2. The Kier molecular flexibility index (Phi) is 2.91. The van der Waals surface area contributed by atoms with E-state index in [9.17, 15) is 9.59 Å². The Morgan fingerprint density at radius 2 is 1.92 bits per heavy atom. The molecule has 2 amide bonds. The number of amides is 2. The fourth-order valence-electron chi connectivity index (χ4n) is 1.46. The molecule has 4 heteroatoms. The van der Waals surface area contributed by atoms with E-state index < -0.39 is 0 Å². The molecule has 70 valence electrons. The third kappa shape index (κ3) is 2.22. The van der Waals surface area contributed by atoms with Gasteiger partial charge < -0.3 is 10.6 Å². The zero-order valence-electron chi connectivity index (χ0n) is 7.32. The van der Waals surface area contributed by atoms with E-state index in [2.05, 4.69) is 0 Å². The molecule has 1 fully saturated rings. The molecule has 0 aliphatic carbocycles. The third-order valence-electron chi connectivity index (χ3n) is 2.31. The van der Waals surface area contributed by atoms with Gasteiger partial charge in [-0.2, -0.15) is 0 Å². The molecule has 0 spiro atoms. The van der Waals surface area contributed by atoms with Gasteiger partial charge in [0.2, 0.25) is 5.91 Å². The third-order valence-corrected chi connectivity index (χ3v) is 2.31. The van der Waals surface area contributed by atoms with E-state index >= 15 is 0 Å². The predicted octanol–water partition coefficient (Wildman–Crippen LogP) is -0.657. The summed E-state index contributed by atoms with van der Waals surface area (Å²) in [5.74, 6) is 1.37. The highest BCUT2D eigenvalue weighted by molar-refractivity contribution is 5.93. The second-order valence-electron chi connectivity index (χ2n) is 3.11. The second kappa shape index (κ2) is 3.94. The number of piperidine rings is 1. The number of hydrogen-bond donors (Lipinski definition) is 1. The Bertz CT molecular complexity index is 259. The summed E-state index contributed by atoms with van der Waals surface area (Å²) in [6, 6.07) is 0. The fraction of sp³-hybridized carbons (Fsp3) is 0.556. The van der Waals surface area contributed by atoms with Crippen LogP contribution in [-0.2, 0) is 9.59 Å².